The van der Waals surface area contributed by atoms with Gasteiger partial charge in [-0.05, 0) is 29.5 Å². The molecule has 1 saturated heterocycles. The molecule has 0 spiro atoms. The average molecular weight is 253 g/mol. The molecule has 0 radical (unpaired) electrons. The third-order valence-corrected chi connectivity index (χ3v) is 3.49. The number of halogens is 2. The highest BCUT2D eigenvalue weighted by Gasteiger charge is 2.35. The van der Waals surface area contributed by atoms with Crippen molar-refractivity contribution in [2.45, 2.75) is 45.0 Å². The average Bonchev–Trinajstić information content (AvgIpc) is 2.27. The maximum atomic E-state index is 13.4. The van der Waals surface area contributed by atoms with Crippen LogP contribution in [0.1, 0.15) is 39.2 Å². The molecule has 3 heteroatoms. The van der Waals surface area contributed by atoms with Gasteiger partial charge < -0.3 is 4.90 Å². The summed E-state index contributed by atoms with van der Waals surface area (Å²) in [4.78, 5) is 1.79. The van der Waals surface area contributed by atoms with E-state index in [9.17, 15) is 8.78 Å². The first-order valence-electron chi connectivity index (χ1n) is 6.51. The maximum Gasteiger partial charge on any atom is 0.265 e. The second kappa shape index (κ2) is 4.52. The van der Waals surface area contributed by atoms with Crippen LogP contribution in [0, 0.1) is 0 Å². The Kier molecular flexibility index (Phi) is 3.35. The first-order chi connectivity index (χ1) is 8.28. The van der Waals surface area contributed by atoms with Crippen molar-refractivity contribution < 1.29 is 8.78 Å². The number of hydrogen-bond acceptors (Lipinski definition) is 1. The Hall–Kier alpha value is -1.12. The number of rotatable bonds is 1. The van der Waals surface area contributed by atoms with Crippen LogP contribution >= 0.6 is 0 Å². The Bertz CT molecular complexity index is 403. The number of anilines is 1. The lowest BCUT2D eigenvalue weighted by Gasteiger charge is -2.34. The summed E-state index contributed by atoms with van der Waals surface area (Å²) in [6.07, 6.45) is 0.581. The van der Waals surface area contributed by atoms with Crippen LogP contribution in [0.4, 0.5) is 14.5 Å². The smallest absolute Gasteiger partial charge is 0.265 e. The highest BCUT2D eigenvalue weighted by atomic mass is 19.3. The van der Waals surface area contributed by atoms with E-state index in [0.29, 0.717) is 6.42 Å². The summed E-state index contributed by atoms with van der Waals surface area (Å²) >= 11 is 0. The lowest BCUT2D eigenvalue weighted by Crippen LogP contribution is -2.42. The predicted molar refractivity (Wildman–Crippen MR) is 71.5 cm³/mol. The molecule has 0 saturated carbocycles. The normalized spacial score (nSPS) is 19.9. The van der Waals surface area contributed by atoms with E-state index in [2.05, 4.69) is 20.8 Å². The Balaban J connectivity index is 2.15. The Morgan fingerprint density at radius 1 is 1.11 bits per heavy atom. The van der Waals surface area contributed by atoms with Crippen LogP contribution < -0.4 is 4.90 Å². The molecule has 2 rings (SSSR count). The molecule has 0 N–H and O–H groups in total. The zero-order valence-electron chi connectivity index (χ0n) is 11.3. The molecule has 1 heterocycles. The second-order valence-corrected chi connectivity index (χ2v) is 6.18. The van der Waals surface area contributed by atoms with Gasteiger partial charge in [-0.15, -0.1) is 0 Å². The fraction of sp³-hybridized carbons (Fsp3) is 0.600. The summed E-state index contributed by atoms with van der Waals surface area (Å²) in [5.74, 6) is -2.54. The number of alkyl halides is 2. The van der Waals surface area contributed by atoms with E-state index in [0.717, 1.165) is 12.2 Å². The highest BCUT2D eigenvalue weighted by molar-refractivity contribution is 5.49. The minimum atomic E-state index is -2.54. The molecule has 1 aromatic carbocycles. The monoisotopic (exact) mass is 253 g/mol. The van der Waals surface area contributed by atoms with Crippen molar-refractivity contribution in [3.05, 3.63) is 29.8 Å². The van der Waals surface area contributed by atoms with Gasteiger partial charge in [0.15, 0.2) is 0 Å². The molecule has 0 atom stereocenters. The van der Waals surface area contributed by atoms with E-state index in [1.54, 1.807) is 4.90 Å². The summed E-state index contributed by atoms with van der Waals surface area (Å²) in [7, 11) is 0. The van der Waals surface area contributed by atoms with Crippen molar-refractivity contribution in [3.8, 4) is 0 Å². The van der Waals surface area contributed by atoms with Crippen molar-refractivity contribution in [1.82, 2.24) is 0 Å². The van der Waals surface area contributed by atoms with Crippen LogP contribution in [-0.4, -0.2) is 19.0 Å². The highest BCUT2D eigenvalue weighted by Crippen LogP contribution is 2.31. The van der Waals surface area contributed by atoms with Gasteiger partial charge >= 0.3 is 0 Å². The van der Waals surface area contributed by atoms with Gasteiger partial charge in [0, 0.05) is 18.7 Å². The molecule has 100 valence electrons. The van der Waals surface area contributed by atoms with Gasteiger partial charge in [0.05, 0.1) is 6.54 Å². The molecule has 1 aliphatic rings. The van der Waals surface area contributed by atoms with E-state index in [4.69, 9.17) is 0 Å². The Morgan fingerprint density at radius 2 is 1.72 bits per heavy atom. The van der Waals surface area contributed by atoms with E-state index >= 15 is 0 Å². The Labute approximate surface area is 108 Å². The molecule has 0 amide bonds. The van der Waals surface area contributed by atoms with Gasteiger partial charge in [-0.1, -0.05) is 32.9 Å². The molecule has 1 fully saturated rings. The molecule has 1 aromatic rings. The molecule has 1 aliphatic heterocycles. The van der Waals surface area contributed by atoms with Crippen molar-refractivity contribution in [2.75, 3.05) is 18.0 Å². The minimum Gasteiger partial charge on any atom is -0.365 e. The van der Waals surface area contributed by atoms with Crippen LogP contribution in [-0.2, 0) is 5.41 Å². The van der Waals surface area contributed by atoms with Crippen LogP contribution in [0.15, 0.2) is 24.3 Å². The fourth-order valence-corrected chi connectivity index (χ4v) is 2.36. The summed E-state index contributed by atoms with van der Waals surface area (Å²) in [5.41, 5.74) is 2.24. The lowest BCUT2D eigenvalue weighted by molar-refractivity contribution is -0.0116. The molecule has 0 bridgehead atoms. The SMILES string of the molecule is CC(C)(C)c1ccc(N2CCCC(F)(F)C2)cc1. The fourth-order valence-electron chi connectivity index (χ4n) is 2.36. The zero-order chi connectivity index (χ0) is 13.4. The van der Waals surface area contributed by atoms with Crippen molar-refractivity contribution in [3.63, 3.8) is 0 Å². The van der Waals surface area contributed by atoms with Gasteiger partial charge in [-0.3, -0.25) is 0 Å². The van der Waals surface area contributed by atoms with E-state index in [1.165, 1.54) is 5.56 Å². The Morgan fingerprint density at radius 3 is 2.22 bits per heavy atom. The van der Waals surface area contributed by atoms with Gasteiger partial charge in [0.25, 0.3) is 5.92 Å². The van der Waals surface area contributed by atoms with Gasteiger partial charge in [-0.25, -0.2) is 8.78 Å². The number of nitrogens with zero attached hydrogens (tertiary/aromatic N) is 1. The van der Waals surface area contributed by atoms with Crippen LogP contribution in [0.25, 0.3) is 0 Å². The quantitative estimate of drug-likeness (QED) is 0.724. The standard InChI is InChI=1S/C15H21F2N/c1-14(2,3)12-5-7-13(8-6-12)18-10-4-9-15(16,17)11-18/h5-8H,4,9-11H2,1-3H3. The number of piperidine rings is 1. The maximum absolute atomic E-state index is 13.4. The molecule has 0 aliphatic carbocycles. The molecule has 18 heavy (non-hydrogen) atoms. The minimum absolute atomic E-state index is 0.0174. The topological polar surface area (TPSA) is 3.24 Å². The number of hydrogen-bond donors (Lipinski definition) is 0. The molecule has 1 nitrogen and oxygen atoms in total. The van der Waals surface area contributed by atoms with Gasteiger partial charge in [-0.2, -0.15) is 0 Å². The van der Waals surface area contributed by atoms with Crippen molar-refractivity contribution in [1.29, 1.82) is 0 Å². The predicted octanol–water partition coefficient (Wildman–Crippen LogP) is 4.22. The van der Waals surface area contributed by atoms with Gasteiger partial charge in [0.1, 0.15) is 0 Å². The summed E-state index contributed by atoms with van der Waals surface area (Å²) < 4.78 is 26.7. The first kappa shape index (κ1) is 13.3. The first-order valence-corrected chi connectivity index (χ1v) is 6.51. The molecule has 0 unspecified atom stereocenters. The summed E-state index contributed by atoms with van der Waals surface area (Å²) in [5, 5.41) is 0. The zero-order valence-corrected chi connectivity index (χ0v) is 11.3. The molecular weight excluding hydrogens is 232 g/mol. The van der Waals surface area contributed by atoms with Crippen LogP contribution in [0.2, 0.25) is 0 Å². The molecular formula is C15H21F2N. The van der Waals surface area contributed by atoms with E-state index < -0.39 is 5.92 Å². The third-order valence-electron chi connectivity index (χ3n) is 3.49. The van der Waals surface area contributed by atoms with Crippen LogP contribution in [0.3, 0.4) is 0 Å². The third kappa shape index (κ3) is 3.01. The number of benzene rings is 1. The molecule has 0 aromatic heterocycles. The second-order valence-electron chi connectivity index (χ2n) is 6.18. The lowest BCUT2D eigenvalue weighted by atomic mass is 9.87. The largest absolute Gasteiger partial charge is 0.365 e. The summed E-state index contributed by atoms with van der Waals surface area (Å²) in [6, 6.07) is 8.01. The van der Waals surface area contributed by atoms with Gasteiger partial charge in [0.2, 0.25) is 0 Å². The van der Waals surface area contributed by atoms with Crippen LogP contribution in [0.5, 0.6) is 0 Å². The van der Waals surface area contributed by atoms with E-state index in [-0.39, 0.29) is 18.4 Å². The van der Waals surface area contributed by atoms with Crippen molar-refractivity contribution >= 4 is 5.69 Å². The van der Waals surface area contributed by atoms with Crippen molar-refractivity contribution in [2.24, 2.45) is 0 Å². The van der Waals surface area contributed by atoms with E-state index in [1.807, 2.05) is 24.3 Å². The summed E-state index contributed by atoms with van der Waals surface area (Å²) in [6.45, 7) is 7.03.